The molecule has 3 rings (SSSR count). The van der Waals surface area contributed by atoms with Gasteiger partial charge in [-0.2, -0.15) is 0 Å². The summed E-state index contributed by atoms with van der Waals surface area (Å²) in [5.41, 5.74) is 3.86. The second-order valence-electron chi connectivity index (χ2n) is 6.84. The fourth-order valence-electron chi connectivity index (χ4n) is 3.48. The van der Waals surface area contributed by atoms with E-state index >= 15 is 0 Å². The van der Waals surface area contributed by atoms with Crippen LogP contribution in [0.3, 0.4) is 0 Å². The number of fused-ring (bicyclic) bond motifs is 1. The van der Waals surface area contributed by atoms with Crippen LogP contribution < -0.4 is 20.1 Å². The smallest absolute Gasteiger partial charge is 0.195 e. The van der Waals surface area contributed by atoms with Crippen LogP contribution in [0.15, 0.2) is 47.5 Å². The maximum absolute atomic E-state index is 5.35. The summed E-state index contributed by atoms with van der Waals surface area (Å²) in [6.45, 7) is 4.13. The molecule has 0 aliphatic carbocycles. The highest BCUT2D eigenvalue weighted by Gasteiger charge is 2.15. The van der Waals surface area contributed by atoms with Crippen molar-refractivity contribution in [1.29, 1.82) is 0 Å². The summed E-state index contributed by atoms with van der Waals surface area (Å²) in [7, 11) is 5.04. The molecule has 2 N–H and O–H groups in total. The summed E-state index contributed by atoms with van der Waals surface area (Å²) < 4.78 is 10.6. The van der Waals surface area contributed by atoms with Gasteiger partial charge in [-0.15, -0.1) is 0 Å². The fourth-order valence-corrected chi connectivity index (χ4v) is 3.48. The first-order valence-electron chi connectivity index (χ1n) is 9.72. The van der Waals surface area contributed by atoms with Gasteiger partial charge in [-0.3, -0.25) is 9.89 Å². The van der Waals surface area contributed by atoms with Gasteiger partial charge in [0.05, 0.1) is 14.2 Å². The van der Waals surface area contributed by atoms with E-state index in [1.807, 2.05) is 18.2 Å². The quantitative estimate of drug-likeness (QED) is 0.438. The van der Waals surface area contributed by atoms with E-state index in [0.717, 1.165) is 50.7 Å². The minimum absolute atomic E-state index is 0.688. The van der Waals surface area contributed by atoms with Crippen LogP contribution in [0.1, 0.15) is 17.5 Å². The molecule has 1 aliphatic rings. The van der Waals surface area contributed by atoms with Crippen LogP contribution in [0.5, 0.6) is 11.5 Å². The normalized spacial score (nSPS) is 14.3. The molecule has 2 aromatic carbocycles. The molecular weight excluding hydrogens is 352 g/mol. The van der Waals surface area contributed by atoms with Gasteiger partial charge < -0.3 is 20.1 Å². The van der Waals surface area contributed by atoms with E-state index in [1.165, 1.54) is 11.1 Å². The first-order chi connectivity index (χ1) is 13.7. The number of methoxy groups -OCH3 is 2. The average molecular weight is 383 g/mol. The minimum Gasteiger partial charge on any atom is -0.493 e. The van der Waals surface area contributed by atoms with Crippen molar-refractivity contribution < 1.29 is 9.47 Å². The lowest BCUT2D eigenvalue weighted by atomic mass is 10.00. The molecule has 1 aliphatic heterocycles. The Morgan fingerprint density at radius 3 is 2.61 bits per heavy atom. The highest BCUT2D eigenvalue weighted by molar-refractivity contribution is 5.93. The van der Waals surface area contributed by atoms with Gasteiger partial charge in [0.1, 0.15) is 0 Å². The molecule has 0 amide bonds. The zero-order valence-corrected chi connectivity index (χ0v) is 17.0. The molecule has 0 bridgehead atoms. The molecule has 150 valence electrons. The molecule has 0 saturated carbocycles. The molecule has 28 heavy (non-hydrogen) atoms. The molecule has 6 heteroatoms. The van der Waals surface area contributed by atoms with Crippen LogP contribution in [0.25, 0.3) is 0 Å². The van der Waals surface area contributed by atoms with E-state index in [1.54, 1.807) is 21.3 Å². The van der Waals surface area contributed by atoms with Gasteiger partial charge >= 0.3 is 0 Å². The Morgan fingerprint density at radius 1 is 1.07 bits per heavy atom. The summed E-state index contributed by atoms with van der Waals surface area (Å²) in [6, 6.07) is 14.5. The SMILES string of the molecule is CN=C(NCCCN1CCc2ccccc2C1)Nc1ccc(OC)c(OC)c1. The van der Waals surface area contributed by atoms with Crippen molar-refractivity contribution in [3.05, 3.63) is 53.6 Å². The number of ether oxygens (including phenoxy) is 2. The van der Waals surface area contributed by atoms with Crippen molar-refractivity contribution in [3.63, 3.8) is 0 Å². The molecule has 0 radical (unpaired) electrons. The van der Waals surface area contributed by atoms with Crippen molar-refractivity contribution in [1.82, 2.24) is 10.2 Å². The summed E-state index contributed by atoms with van der Waals surface area (Å²) in [4.78, 5) is 6.83. The second-order valence-corrected chi connectivity index (χ2v) is 6.84. The zero-order chi connectivity index (χ0) is 19.8. The van der Waals surface area contributed by atoms with Gasteiger partial charge in [0, 0.05) is 45.0 Å². The molecular formula is C22H30N4O2. The zero-order valence-electron chi connectivity index (χ0n) is 17.0. The van der Waals surface area contributed by atoms with Gasteiger partial charge in [-0.25, -0.2) is 0 Å². The highest BCUT2D eigenvalue weighted by Crippen LogP contribution is 2.29. The van der Waals surface area contributed by atoms with E-state index < -0.39 is 0 Å². The second kappa shape index (κ2) is 9.99. The number of nitrogens with zero attached hydrogens (tertiary/aromatic N) is 2. The fraction of sp³-hybridized carbons (Fsp3) is 0.409. The van der Waals surface area contributed by atoms with Crippen molar-refractivity contribution >= 4 is 11.6 Å². The first kappa shape index (κ1) is 20.0. The van der Waals surface area contributed by atoms with E-state index in [4.69, 9.17) is 9.47 Å². The number of hydrogen-bond acceptors (Lipinski definition) is 4. The molecule has 2 aromatic rings. The minimum atomic E-state index is 0.688. The van der Waals surface area contributed by atoms with Crippen LogP contribution in [-0.2, 0) is 13.0 Å². The predicted molar refractivity (Wildman–Crippen MR) is 115 cm³/mol. The lowest BCUT2D eigenvalue weighted by Gasteiger charge is -2.28. The predicted octanol–water partition coefficient (Wildman–Crippen LogP) is 3.14. The molecule has 0 fully saturated rings. The molecule has 0 spiro atoms. The maximum Gasteiger partial charge on any atom is 0.195 e. The summed E-state index contributed by atoms with van der Waals surface area (Å²) >= 11 is 0. The third kappa shape index (κ3) is 5.16. The van der Waals surface area contributed by atoms with Gasteiger partial charge in [0.25, 0.3) is 0 Å². The Hall–Kier alpha value is -2.73. The lowest BCUT2D eigenvalue weighted by Crippen LogP contribution is -2.35. The van der Waals surface area contributed by atoms with Gasteiger partial charge in [-0.05, 0) is 36.1 Å². The van der Waals surface area contributed by atoms with Gasteiger partial charge in [0.15, 0.2) is 17.5 Å². The third-order valence-corrected chi connectivity index (χ3v) is 5.02. The summed E-state index contributed by atoms with van der Waals surface area (Å²) in [6.07, 6.45) is 2.21. The van der Waals surface area contributed by atoms with Crippen LogP contribution in [0, 0.1) is 0 Å². The van der Waals surface area contributed by atoms with Gasteiger partial charge in [0.2, 0.25) is 0 Å². The molecule has 1 heterocycles. The standard InChI is InChI=1S/C22H30N4O2/c1-23-22(25-19-9-10-20(27-2)21(15-19)28-3)24-12-6-13-26-14-11-17-7-4-5-8-18(17)16-26/h4-5,7-10,15H,6,11-14,16H2,1-3H3,(H2,23,24,25). The van der Waals surface area contributed by atoms with E-state index in [0.29, 0.717) is 11.5 Å². The molecule has 0 atom stereocenters. The molecule has 6 nitrogen and oxygen atoms in total. The van der Waals surface area contributed by atoms with Gasteiger partial charge in [-0.1, -0.05) is 24.3 Å². The number of aliphatic imine (C=N–C) groups is 1. The van der Waals surface area contributed by atoms with Crippen molar-refractivity contribution in [2.75, 3.05) is 46.2 Å². The number of anilines is 1. The average Bonchev–Trinajstić information content (AvgIpc) is 2.75. The first-order valence-corrected chi connectivity index (χ1v) is 9.72. The Kier molecular flexibility index (Phi) is 7.14. The lowest BCUT2D eigenvalue weighted by molar-refractivity contribution is 0.251. The highest BCUT2D eigenvalue weighted by atomic mass is 16.5. The molecule has 0 aromatic heterocycles. The number of nitrogens with one attached hydrogen (secondary N) is 2. The Bertz CT molecular complexity index is 807. The van der Waals surface area contributed by atoms with Crippen LogP contribution >= 0.6 is 0 Å². The van der Waals surface area contributed by atoms with Crippen LogP contribution in [-0.4, -0.2) is 51.8 Å². The van der Waals surface area contributed by atoms with E-state index in [9.17, 15) is 0 Å². The summed E-state index contributed by atoms with van der Waals surface area (Å²) in [5, 5.41) is 6.68. The molecule has 0 unspecified atom stereocenters. The maximum atomic E-state index is 5.35. The largest absolute Gasteiger partial charge is 0.493 e. The van der Waals surface area contributed by atoms with Crippen molar-refractivity contribution in [2.24, 2.45) is 4.99 Å². The number of rotatable bonds is 7. The third-order valence-electron chi connectivity index (χ3n) is 5.02. The Balaban J connectivity index is 1.44. The monoisotopic (exact) mass is 382 g/mol. The van der Waals surface area contributed by atoms with Crippen molar-refractivity contribution in [2.45, 2.75) is 19.4 Å². The van der Waals surface area contributed by atoms with E-state index in [-0.39, 0.29) is 0 Å². The topological polar surface area (TPSA) is 58.1 Å². The summed E-state index contributed by atoms with van der Waals surface area (Å²) in [5.74, 6) is 2.14. The van der Waals surface area contributed by atoms with Crippen LogP contribution in [0.4, 0.5) is 5.69 Å². The van der Waals surface area contributed by atoms with E-state index in [2.05, 4.69) is 44.8 Å². The molecule has 0 saturated heterocycles. The Labute approximate surface area is 167 Å². The number of hydrogen-bond donors (Lipinski definition) is 2. The Morgan fingerprint density at radius 2 is 1.86 bits per heavy atom. The van der Waals surface area contributed by atoms with Crippen LogP contribution in [0.2, 0.25) is 0 Å². The number of guanidine groups is 1. The number of benzene rings is 2. The van der Waals surface area contributed by atoms with Crippen molar-refractivity contribution in [3.8, 4) is 11.5 Å².